The van der Waals surface area contributed by atoms with Gasteiger partial charge in [0.15, 0.2) is 0 Å². The molecule has 1 atom stereocenters. The van der Waals surface area contributed by atoms with Gasteiger partial charge in [0.05, 0.1) is 0 Å². The Bertz CT molecular complexity index is 633. The molecule has 0 aromatic heterocycles. The van der Waals surface area contributed by atoms with Crippen molar-refractivity contribution in [2.75, 3.05) is 0 Å². The summed E-state index contributed by atoms with van der Waals surface area (Å²) in [6, 6.07) is 7.26. The number of hydrogen-bond donors (Lipinski definition) is 1. The first kappa shape index (κ1) is 14.7. The van der Waals surface area contributed by atoms with Gasteiger partial charge in [-0.25, -0.2) is 4.39 Å². The summed E-state index contributed by atoms with van der Waals surface area (Å²) in [4.78, 5) is 0. The highest BCUT2D eigenvalue weighted by Gasteiger charge is 2.21. The van der Waals surface area contributed by atoms with E-state index in [2.05, 4.69) is 6.07 Å². The van der Waals surface area contributed by atoms with Gasteiger partial charge in [-0.3, -0.25) is 0 Å². The molecule has 2 rings (SSSR count). The molecule has 0 aliphatic carbocycles. The second kappa shape index (κ2) is 5.37. The topological polar surface area (TPSA) is 20.2 Å². The molecule has 0 bridgehead atoms. The Morgan fingerprint density at radius 2 is 1.45 bits per heavy atom. The van der Waals surface area contributed by atoms with Crippen molar-refractivity contribution in [3.8, 4) is 0 Å². The van der Waals surface area contributed by atoms with Crippen LogP contribution in [0.4, 0.5) is 4.39 Å². The molecule has 2 aromatic carbocycles. The lowest BCUT2D eigenvalue weighted by Gasteiger charge is -2.21. The van der Waals surface area contributed by atoms with Crippen LogP contribution in [0.1, 0.15) is 45.0 Å². The quantitative estimate of drug-likeness (QED) is 0.856. The Labute approximate surface area is 120 Å². The van der Waals surface area contributed by atoms with Gasteiger partial charge in [0, 0.05) is 5.56 Å². The highest BCUT2D eigenvalue weighted by atomic mass is 19.1. The van der Waals surface area contributed by atoms with Crippen LogP contribution in [0.3, 0.4) is 0 Å². The second-order valence-corrected chi connectivity index (χ2v) is 5.55. The maximum atomic E-state index is 14.2. The second-order valence-electron chi connectivity index (χ2n) is 5.55. The number of benzene rings is 2. The van der Waals surface area contributed by atoms with E-state index < -0.39 is 6.10 Å². The van der Waals surface area contributed by atoms with Crippen molar-refractivity contribution in [1.82, 2.24) is 0 Å². The van der Waals surface area contributed by atoms with Gasteiger partial charge in [-0.2, -0.15) is 0 Å². The summed E-state index contributed by atoms with van der Waals surface area (Å²) in [5.74, 6) is -0.321. The number of halogens is 1. The summed E-state index contributed by atoms with van der Waals surface area (Å²) in [5, 5.41) is 10.7. The van der Waals surface area contributed by atoms with Crippen molar-refractivity contribution in [2.45, 2.75) is 40.7 Å². The highest BCUT2D eigenvalue weighted by Crippen LogP contribution is 2.33. The lowest BCUT2D eigenvalue weighted by molar-refractivity contribution is 0.213. The first-order chi connectivity index (χ1) is 9.34. The van der Waals surface area contributed by atoms with E-state index in [1.54, 1.807) is 25.1 Å². The zero-order valence-electron chi connectivity index (χ0n) is 12.7. The van der Waals surface area contributed by atoms with Crippen LogP contribution in [0, 0.1) is 40.4 Å². The summed E-state index contributed by atoms with van der Waals surface area (Å²) >= 11 is 0. The molecule has 0 heterocycles. The minimum atomic E-state index is -0.923. The molecule has 1 nitrogen and oxygen atoms in total. The van der Waals surface area contributed by atoms with Crippen molar-refractivity contribution in [3.63, 3.8) is 0 Å². The van der Waals surface area contributed by atoms with E-state index in [4.69, 9.17) is 0 Å². The third-order valence-corrected chi connectivity index (χ3v) is 4.21. The molecule has 20 heavy (non-hydrogen) atoms. The minimum Gasteiger partial charge on any atom is -0.384 e. The van der Waals surface area contributed by atoms with Crippen molar-refractivity contribution in [2.24, 2.45) is 0 Å². The molecule has 0 aliphatic rings. The van der Waals surface area contributed by atoms with Gasteiger partial charge < -0.3 is 5.11 Å². The molecule has 0 aliphatic heterocycles. The third kappa shape index (κ3) is 2.36. The lowest BCUT2D eigenvalue weighted by atomic mass is 9.88. The van der Waals surface area contributed by atoms with Crippen LogP contribution in [0.2, 0.25) is 0 Å². The van der Waals surface area contributed by atoms with Gasteiger partial charge in [-0.15, -0.1) is 0 Å². The fourth-order valence-corrected chi connectivity index (χ4v) is 2.69. The molecule has 0 amide bonds. The average Bonchev–Trinajstić information content (AvgIpc) is 2.40. The number of rotatable bonds is 2. The van der Waals surface area contributed by atoms with Crippen molar-refractivity contribution >= 4 is 0 Å². The first-order valence-electron chi connectivity index (χ1n) is 6.85. The fraction of sp³-hybridized carbons (Fsp3) is 0.333. The smallest absolute Gasteiger partial charge is 0.132 e. The Hall–Kier alpha value is -1.67. The molecule has 106 valence electrons. The van der Waals surface area contributed by atoms with Crippen LogP contribution in [-0.2, 0) is 0 Å². The van der Waals surface area contributed by atoms with E-state index in [1.807, 2.05) is 27.7 Å². The van der Waals surface area contributed by atoms with Crippen LogP contribution < -0.4 is 0 Å². The van der Waals surface area contributed by atoms with Crippen molar-refractivity contribution < 1.29 is 9.50 Å². The van der Waals surface area contributed by atoms with Crippen LogP contribution in [0.25, 0.3) is 0 Å². The summed E-state index contributed by atoms with van der Waals surface area (Å²) in [6.45, 7) is 9.71. The van der Waals surface area contributed by atoms with Crippen LogP contribution in [0.5, 0.6) is 0 Å². The van der Waals surface area contributed by atoms with Crippen LogP contribution in [-0.4, -0.2) is 5.11 Å². The van der Waals surface area contributed by atoms with E-state index in [1.165, 1.54) is 0 Å². The van der Waals surface area contributed by atoms with E-state index >= 15 is 0 Å². The zero-order chi connectivity index (χ0) is 15.0. The normalized spacial score (nSPS) is 12.6. The van der Waals surface area contributed by atoms with Crippen molar-refractivity contribution in [3.05, 3.63) is 69.0 Å². The van der Waals surface area contributed by atoms with E-state index in [0.717, 1.165) is 27.8 Å². The summed E-state index contributed by atoms with van der Waals surface area (Å²) in [6.07, 6.45) is -0.923. The number of aliphatic hydroxyl groups excluding tert-OH is 1. The molecule has 1 N–H and O–H groups in total. The monoisotopic (exact) mass is 272 g/mol. The number of aryl methyl sites for hydroxylation is 3. The molecule has 0 spiro atoms. The van der Waals surface area contributed by atoms with Gasteiger partial charge in [-0.05, 0) is 68.0 Å². The minimum absolute atomic E-state index is 0.321. The fourth-order valence-electron chi connectivity index (χ4n) is 2.69. The molecule has 2 aromatic rings. The summed E-state index contributed by atoms with van der Waals surface area (Å²) in [7, 11) is 0. The van der Waals surface area contributed by atoms with Crippen molar-refractivity contribution in [1.29, 1.82) is 0 Å². The molecule has 0 saturated carbocycles. The van der Waals surface area contributed by atoms with E-state index in [9.17, 15) is 9.50 Å². The maximum absolute atomic E-state index is 14.2. The largest absolute Gasteiger partial charge is 0.384 e. The molecule has 1 unspecified atom stereocenters. The lowest BCUT2D eigenvalue weighted by Crippen LogP contribution is -2.09. The van der Waals surface area contributed by atoms with Crippen LogP contribution in [0.15, 0.2) is 24.3 Å². The molecule has 0 radical (unpaired) electrons. The van der Waals surface area contributed by atoms with Gasteiger partial charge in [0.2, 0.25) is 0 Å². The summed E-state index contributed by atoms with van der Waals surface area (Å²) in [5.41, 5.74) is 6.03. The maximum Gasteiger partial charge on any atom is 0.132 e. The molecule has 0 fully saturated rings. The predicted molar refractivity (Wildman–Crippen MR) is 80.6 cm³/mol. The highest BCUT2D eigenvalue weighted by molar-refractivity contribution is 5.48. The molecular formula is C18H21FO. The van der Waals surface area contributed by atoms with Gasteiger partial charge in [0.1, 0.15) is 11.9 Å². The van der Waals surface area contributed by atoms with Gasteiger partial charge >= 0.3 is 0 Å². The Balaban J connectivity index is 2.65. The molecular weight excluding hydrogens is 251 g/mol. The van der Waals surface area contributed by atoms with E-state index in [-0.39, 0.29) is 5.82 Å². The SMILES string of the molecule is Cc1cc(C)c(C)c(C(O)c2cccc(C)c2F)c1C. The standard InChI is InChI=1S/C18H21FO/c1-10-7-6-8-15(17(10)19)18(20)16-13(4)11(2)9-12(3)14(16)5/h6-9,18,20H,1-5H3. The predicted octanol–water partition coefficient (Wildman–Crippen LogP) is 4.45. The summed E-state index contributed by atoms with van der Waals surface area (Å²) < 4.78 is 14.2. The average molecular weight is 272 g/mol. The van der Waals surface area contributed by atoms with Gasteiger partial charge in [-0.1, -0.05) is 24.3 Å². The molecule has 0 saturated heterocycles. The number of aliphatic hydroxyl groups is 1. The Morgan fingerprint density at radius 1 is 0.900 bits per heavy atom. The third-order valence-electron chi connectivity index (χ3n) is 4.21. The van der Waals surface area contributed by atoms with Gasteiger partial charge in [0.25, 0.3) is 0 Å². The Kier molecular flexibility index (Phi) is 3.96. The Morgan fingerprint density at radius 3 is 2.00 bits per heavy atom. The first-order valence-corrected chi connectivity index (χ1v) is 6.85. The van der Waals surface area contributed by atoms with E-state index in [0.29, 0.717) is 11.1 Å². The zero-order valence-corrected chi connectivity index (χ0v) is 12.7. The number of hydrogen-bond acceptors (Lipinski definition) is 1. The van der Waals surface area contributed by atoms with Crippen LogP contribution >= 0.6 is 0 Å². The molecule has 2 heteroatoms.